The van der Waals surface area contributed by atoms with E-state index in [-0.39, 0.29) is 19.4 Å². The summed E-state index contributed by atoms with van der Waals surface area (Å²) in [4.78, 5) is 40.4. The Bertz CT molecular complexity index is 1060. The van der Waals surface area contributed by atoms with Crippen LogP contribution in [-0.4, -0.2) is 88.8 Å². The minimum atomic E-state index is -3.83. The second kappa shape index (κ2) is 10.4. The maximum absolute atomic E-state index is 13.5. The molecule has 5 N–H and O–H groups in total. The number of aliphatic hydroxyl groups is 2. The fourth-order valence-electron chi connectivity index (χ4n) is 4.77. The van der Waals surface area contributed by atoms with Crippen LogP contribution in [0.2, 0.25) is 0 Å². The van der Waals surface area contributed by atoms with Crippen LogP contribution in [0.25, 0.3) is 0 Å². The molecule has 38 heavy (non-hydrogen) atoms. The number of nitrogens with zero attached hydrogens (tertiary/aromatic N) is 1. The first-order valence-corrected chi connectivity index (χ1v) is 14.5. The van der Waals surface area contributed by atoms with Crippen LogP contribution >= 0.6 is 0 Å². The fourth-order valence-corrected chi connectivity index (χ4v) is 6.14. The Labute approximate surface area is 224 Å². The molecule has 0 bridgehead atoms. The van der Waals surface area contributed by atoms with Crippen LogP contribution < -0.4 is 15.4 Å². The third-order valence-electron chi connectivity index (χ3n) is 7.11. The van der Waals surface area contributed by atoms with E-state index in [2.05, 4.69) is 21.9 Å². The lowest BCUT2D eigenvalue weighted by atomic mass is 9.85. The first-order chi connectivity index (χ1) is 17.3. The van der Waals surface area contributed by atoms with E-state index in [4.69, 9.17) is 4.74 Å². The van der Waals surface area contributed by atoms with Gasteiger partial charge in [-0.05, 0) is 51.9 Å². The number of ether oxygens (including phenoxy) is 1. The zero-order valence-electron chi connectivity index (χ0n) is 23.0. The largest absolute Gasteiger partial charge is 0.444 e. The Balaban J connectivity index is 1.78. The predicted molar refractivity (Wildman–Crippen MR) is 139 cm³/mol. The highest BCUT2D eigenvalue weighted by Gasteiger charge is 2.62. The average molecular weight is 559 g/mol. The summed E-state index contributed by atoms with van der Waals surface area (Å²) in [5, 5.41) is 26.5. The molecule has 1 aliphatic heterocycles. The number of rotatable bonds is 9. The molecule has 13 heteroatoms. The van der Waals surface area contributed by atoms with Gasteiger partial charge in [0.25, 0.3) is 5.91 Å². The molecule has 3 rings (SSSR count). The number of alkyl carbamates (subject to hydrolysis) is 1. The monoisotopic (exact) mass is 558 g/mol. The third-order valence-corrected chi connectivity index (χ3v) is 8.93. The molecule has 0 spiro atoms. The summed E-state index contributed by atoms with van der Waals surface area (Å²) in [6, 6.07) is -1.93. The maximum Gasteiger partial charge on any atom is 0.408 e. The van der Waals surface area contributed by atoms with E-state index < -0.39 is 80.1 Å². The van der Waals surface area contributed by atoms with E-state index in [9.17, 15) is 33.0 Å². The molecule has 3 fully saturated rings. The number of β-amino-alcohol motifs (C(OH)–C–C–N with tert-alkyl or cyclic N) is 1. The van der Waals surface area contributed by atoms with Crippen LogP contribution in [0.3, 0.4) is 0 Å². The van der Waals surface area contributed by atoms with E-state index in [1.54, 1.807) is 41.5 Å². The molecule has 2 aliphatic carbocycles. The molecule has 2 unspecified atom stereocenters. The van der Waals surface area contributed by atoms with Crippen molar-refractivity contribution in [1.82, 2.24) is 20.3 Å². The molecule has 1 heterocycles. The minimum Gasteiger partial charge on any atom is -0.444 e. The molecule has 3 aliphatic rings. The lowest BCUT2D eigenvalue weighted by Crippen LogP contribution is -2.62. The molecule has 0 aromatic carbocycles. The van der Waals surface area contributed by atoms with Gasteiger partial charge >= 0.3 is 6.09 Å². The van der Waals surface area contributed by atoms with Crippen molar-refractivity contribution in [2.45, 2.75) is 108 Å². The van der Waals surface area contributed by atoms with E-state index in [1.807, 2.05) is 0 Å². The summed E-state index contributed by atoms with van der Waals surface area (Å²) in [7, 11) is -3.83. The van der Waals surface area contributed by atoms with Crippen LogP contribution in [0.1, 0.15) is 67.2 Å². The molecule has 3 amide bonds. The Kier molecular flexibility index (Phi) is 8.30. The Hall–Kier alpha value is -2.22. The van der Waals surface area contributed by atoms with E-state index >= 15 is 0 Å². The second-order valence-electron chi connectivity index (χ2n) is 12.7. The summed E-state index contributed by atoms with van der Waals surface area (Å²) < 4.78 is 32.2. The zero-order chi connectivity index (χ0) is 28.8. The van der Waals surface area contributed by atoms with Gasteiger partial charge in [-0.1, -0.05) is 26.8 Å². The van der Waals surface area contributed by atoms with Crippen LogP contribution in [0, 0.1) is 11.3 Å². The number of hydrogen-bond acceptors (Lipinski definition) is 9. The van der Waals surface area contributed by atoms with Crippen molar-refractivity contribution in [2.24, 2.45) is 11.3 Å². The molecule has 12 nitrogen and oxygen atoms in total. The molecular weight excluding hydrogens is 516 g/mol. The first kappa shape index (κ1) is 30.3. The second-order valence-corrected chi connectivity index (χ2v) is 14.6. The van der Waals surface area contributed by atoms with Gasteiger partial charge in [0.1, 0.15) is 17.4 Å². The normalized spacial score (nSPS) is 29.6. The summed E-state index contributed by atoms with van der Waals surface area (Å²) in [6.45, 7) is 14.2. The summed E-state index contributed by atoms with van der Waals surface area (Å²) in [6.07, 6.45) is -0.476. The minimum absolute atomic E-state index is 0.0248. The van der Waals surface area contributed by atoms with Gasteiger partial charge < -0.3 is 25.6 Å². The van der Waals surface area contributed by atoms with Crippen LogP contribution in [0.15, 0.2) is 12.7 Å². The molecular formula is C25H42N4O8S. The van der Waals surface area contributed by atoms with Gasteiger partial charge in [-0.15, -0.1) is 6.58 Å². The molecule has 0 aromatic heterocycles. The Morgan fingerprint density at radius 3 is 2.24 bits per heavy atom. The Morgan fingerprint density at radius 1 is 1.16 bits per heavy atom. The van der Waals surface area contributed by atoms with E-state index in [0.29, 0.717) is 12.8 Å². The fraction of sp³-hybridized carbons (Fsp3) is 0.800. The van der Waals surface area contributed by atoms with Crippen molar-refractivity contribution >= 4 is 27.9 Å². The highest BCUT2D eigenvalue weighted by molar-refractivity contribution is 7.91. The van der Waals surface area contributed by atoms with Gasteiger partial charge in [0.15, 0.2) is 0 Å². The number of aliphatic hydroxyl groups excluding tert-OH is 2. The van der Waals surface area contributed by atoms with Gasteiger partial charge in [0.2, 0.25) is 15.9 Å². The molecule has 6 atom stereocenters. The van der Waals surface area contributed by atoms with Crippen molar-refractivity contribution in [3.63, 3.8) is 0 Å². The maximum atomic E-state index is 13.5. The van der Waals surface area contributed by atoms with Crippen LogP contribution in [0.4, 0.5) is 4.79 Å². The molecule has 0 radical (unpaired) electrons. The number of carbonyl (C=O) groups is 3. The number of carbonyl (C=O) groups excluding carboxylic acids is 3. The lowest BCUT2D eigenvalue weighted by Gasteiger charge is -2.40. The third kappa shape index (κ3) is 6.85. The van der Waals surface area contributed by atoms with Crippen molar-refractivity contribution in [3.05, 3.63) is 12.7 Å². The Morgan fingerprint density at radius 2 is 1.76 bits per heavy atom. The predicted octanol–water partition coefficient (Wildman–Crippen LogP) is 0.349. The molecule has 216 valence electrons. The summed E-state index contributed by atoms with van der Waals surface area (Å²) >= 11 is 0. The van der Waals surface area contributed by atoms with Crippen molar-refractivity contribution < 1.29 is 37.8 Å². The van der Waals surface area contributed by atoms with Crippen LogP contribution in [-0.2, 0) is 24.3 Å². The zero-order valence-corrected chi connectivity index (χ0v) is 23.8. The van der Waals surface area contributed by atoms with Gasteiger partial charge in [-0.2, -0.15) is 0 Å². The quantitative estimate of drug-likeness (QED) is 0.250. The lowest BCUT2D eigenvalue weighted by molar-refractivity contribution is -0.136. The van der Waals surface area contributed by atoms with Gasteiger partial charge in [0.05, 0.1) is 23.4 Å². The standard InChI is InChI=1S/C25H42N4O8S/c1-8-14-12-25(14,21(33)28-38(35,36)16-9-10-16)27-19(31)17-11-15(30)13-29(17)20(32)18(23(2,3)4)26-22(34)37-24(5,6)7/h8,14-18,20,30,32H,1,9-13H2,2-7H3,(H,26,34)(H,27,31)(H,28,33)/t14?,15-,17+,18-,20?,25-/m1/s1. The topological polar surface area (TPSA) is 174 Å². The molecule has 2 saturated carbocycles. The SMILES string of the molecule is C=CC1C[C@]1(NC(=O)[C@@H]1C[C@@H](O)CN1C(O)[C@@H](NC(=O)OC(C)(C)C)C(C)(C)C)C(=O)NS(=O)(=O)C1CC1. The number of hydrogen-bond donors (Lipinski definition) is 5. The smallest absolute Gasteiger partial charge is 0.408 e. The number of sulfonamides is 1. The van der Waals surface area contributed by atoms with E-state index in [1.165, 1.54) is 11.0 Å². The highest BCUT2D eigenvalue weighted by Crippen LogP contribution is 2.45. The van der Waals surface area contributed by atoms with Crippen molar-refractivity contribution in [2.75, 3.05) is 6.54 Å². The highest BCUT2D eigenvalue weighted by atomic mass is 32.2. The molecule has 0 aromatic rings. The molecule has 1 saturated heterocycles. The van der Waals surface area contributed by atoms with E-state index in [0.717, 1.165) is 0 Å². The summed E-state index contributed by atoms with van der Waals surface area (Å²) in [5.41, 5.74) is -2.92. The number of nitrogens with one attached hydrogen (secondary N) is 3. The average Bonchev–Trinajstić information content (AvgIpc) is 3.66. The van der Waals surface area contributed by atoms with Gasteiger partial charge in [0, 0.05) is 12.5 Å². The number of amides is 3. The summed E-state index contributed by atoms with van der Waals surface area (Å²) in [5.74, 6) is -1.94. The first-order valence-electron chi connectivity index (χ1n) is 12.9. The van der Waals surface area contributed by atoms with Crippen LogP contribution in [0.5, 0.6) is 0 Å². The van der Waals surface area contributed by atoms with Crippen molar-refractivity contribution in [1.29, 1.82) is 0 Å². The van der Waals surface area contributed by atoms with Crippen molar-refractivity contribution in [3.8, 4) is 0 Å². The van der Waals surface area contributed by atoms with Gasteiger partial charge in [-0.25, -0.2) is 13.2 Å². The van der Waals surface area contributed by atoms with Gasteiger partial charge in [-0.3, -0.25) is 19.2 Å². The number of likely N-dealkylation sites (tertiary alicyclic amines) is 1.